The fraction of sp³-hybridized carbons (Fsp3) is 0.364. The lowest BCUT2D eigenvalue weighted by Gasteiger charge is -2.23. The minimum atomic E-state index is -0.914. The normalized spacial score (nSPS) is 14.3. The van der Waals surface area contributed by atoms with Crippen molar-refractivity contribution in [3.8, 4) is 5.75 Å². The van der Waals surface area contributed by atoms with E-state index in [1.165, 1.54) is 0 Å². The molecule has 0 unspecified atom stereocenters. The van der Waals surface area contributed by atoms with E-state index in [4.69, 9.17) is 15.6 Å². The van der Waals surface area contributed by atoms with Crippen molar-refractivity contribution in [2.45, 2.75) is 18.9 Å². The maximum atomic E-state index is 10.6. The van der Waals surface area contributed by atoms with Crippen LogP contribution in [-0.4, -0.2) is 18.2 Å². The minimum absolute atomic E-state index is 0.111. The number of hydrogen-bond acceptors (Lipinski definition) is 3. The molecule has 0 heterocycles. The third kappa shape index (κ3) is 2.95. The monoisotopic (exact) mass is 209 g/mol. The summed E-state index contributed by atoms with van der Waals surface area (Å²) in [7, 11) is 1.56. The Morgan fingerprint density at radius 2 is 2.27 bits per heavy atom. The minimum Gasteiger partial charge on any atom is -0.497 e. The molecule has 1 aromatic carbocycles. The van der Waals surface area contributed by atoms with E-state index >= 15 is 0 Å². The van der Waals surface area contributed by atoms with Crippen molar-refractivity contribution in [3.63, 3.8) is 0 Å². The van der Waals surface area contributed by atoms with Crippen LogP contribution in [0.25, 0.3) is 0 Å². The highest BCUT2D eigenvalue weighted by atomic mass is 16.5. The first kappa shape index (κ1) is 11.5. The molecule has 0 radical (unpaired) electrons. The van der Waals surface area contributed by atoms with Crippen LogP contribution in [0, 0.1) is 0 Å². The van der Waals surface area contributed by atoms with Crippen LogP contribution in [0.4, 0.5) is 0 Å². The molecule has 82 valence electrons. The van der Waals surface area contributed by atoms with E-state index in [2.05, 4.69) is 0 Å². The summed E-state index contributed by atoms with van der Waals surface area (Å²) in [5.74, 6) is -0.239. The van der Waals surface area contributed by atoms with Crippen molar-refractivity contribution < 1.29 is 14.6 Å². The summed E-state index contributed by atoms with van der Waals surface area (Å²) < 4.78 is 5.05. The Balaban J connectivity index is 2.98. The van der Waals surface area contributed by atoms with Gasteiger partial charge in [0.25, 0.3) is 0 Å². The van der Waals surface area contributed by atoms with Crippen molar-refractivity contribution in [2.24, 2.45) is 5.73 Å². The number of nitrogens with two attached hydrogens (primary N) is 1. The number of rotatable bonds is 4. The van der Waals surface area contributed by atoms with Gasteiger partial charge in [0.2, 0.25) is 0 Å². The quantitative estimate of drug-likeness (QED) is 0.785. The van der Waals surface area contributed by atoms with Gasteiger partial charge in [-0.1, -0.05) is 12.1 Å². The summed E-state index contributed by atoms with van der Waals surface area (Å²) in [6, 6.07) is 7.13. The number of aliphatic carboxylic acids is 1. The molecule has 0 saturated carbocycles. The Hall–Kier alpha value is -1.55. The molecule has 4 heteroatoms. The molecule has 3 N–H and O–H groups in total. The highest BCUT2D eigenvalue weighted by Gasteiger charge is 2.24. The number of carboxylic acids is 1. The summed E-state index contributed by atoms with van der Waals surface area (Å²) in [4.78, 5) is 10.6. The van der Waals surface area contributed by atoms with Crippen molar-refractivity contribution in [1.29, 1.82) is 0 Å². The molecule has 0 spiro atoms. The highest BCUT2D eigenvalue weighted by Crippen LogP contribution is 2.24. The average Bonchev–Trinajstić information content (AvgIpc) is 2.16. The second kappa shape index (κ2) is 4.31. The van der Waals surface area contributed by atoms with Gasteiger partial charge in [0.1, 0.15) is 5.75 Å². The standard InChI is InChI=1S/C11H15NO3/c1-11(12,7-10(13)14)8-4-3-5-9(6-8)15-2/h3-6H,7,12H2,1-2H3,(H,13,14)/t11-/m0/s1. The Morgan fingerprint density at radius 3 is 2.80 bits per heavy atom. The lowest BCUT2D eigenvalue weighted by Crippen LogP contribution is -2.35. The summed E-state index contributed by atoms with van der Waals surface area (Å²) >= 11 is 0. The van der Waals surface area contributed by atoms with Gasteiger partial charge in [0.15, 0.2) is 0 Å². The summed E-state index contributed by atoms with van der Waals surface area (Å²) in [5, 5.41) is 8.73. The van der Waals surface area contributed by atoms with Gasteiger partial charge < -0.3 is 15.6 Å². The summed E-state index contributed by atoms with van der Waals surface area (Å²) in [5.41, 5.74) is 5.81. The van der Waals surface area contributed by atoms with Gasteiger partial charge in [0.05, 0.1) is 13.5 Å². The zero-order valence-electron chi connectivity index (χ0n) is 8.86. The zero-order valence-corrected chi connectivity index (χ0v) is 8.86. The zero-order chi connectivity index (χ0) is 11.5. The Kier molecular flexibility index (Phi) is 3.31. The fourth-order valence-corrected chi connectivity index (χ4v) is 1.39. The molecule has 15 heavy (non-hydrogen) atoms. The van der Waals surface area contributed by atoms with E-state index in [9.17, 15) is 4.79 Å². The molecule has 0 saturated heterocycles. The third-order valence-electron chi connectivity index (χ3n) is 2.25. The van der Waals surface area contributed by atoms with Gasteiger partial charge in [-0.3, -0.25) is 4.79 Å². The molecule has 1 rings (SSSR count). The number of carbonyl (C=O) groups is 1. The summed E-state index contributed by atoms with van der Waals surface area (Å²) in [6.45, 7) is 1.69. The van der Waals surface area contributed by atoms with Gasteiger partial charge in [-0.05, 0) is 24.6 Å². The van der Waals surface area contributed by atoms with Gasteiger partial charge in [-0.2, -0.15) is 0 Å². The molecule has 0 aliphatic heterocycles. The third-order valence-corrected chi connectivity index (χ3v) is 2.25. The molecule has 0 aliphatic rings. The number of carboxylic acid groups (broad SMARTS) is 1. The molecular formula is C11H15NO3. The molecule has 0 aliphatic carbocycles. The van der Waals surface area contributed by atoms with Crippen LogP contribution < -0.4 is 10.5 Å². The summed E-state index contributed by atoms with van der Waals surface area (Å²) in [6.07, 6.45) is -0.111. The maximum Gasteiger partial charge on any atom is 0.305 e. The van der Waals surface area contributed by atoms with E-state index in [0.29, 0.717) is 5.75 Å². The molecule has 4 nitrogen and oxygen atoms in total. The molecule has 0 amide bonds. The fourth-order valence-electron chi connectivity index (χ4n) is 1.39. The van der Waals surface area contributed by atoms with Crippen LogP contribution in [0.1, 0.15) is 18.9 Å². The van der Waals surface area contributed by atoms with E-state index < -0.39 is 11.5 Å². The smallest absolute Gasteiger partial charge is 0.305 e. The number of benzene rings is 1. The Labute approximate surface area is 88.7 Å². The van der Waals surface area contributed by atoms with Crippen LogP contribution in [-0.2, 0) is 10.3 Å². The van der Waals surface area contributed by atoms with E-state index in [-0.39, 0.29) is 6.42 Å². The van der Waals surface area contributed by atoms with Gasteiger partial charge in [-0.25, -0.2) is 0 Å². The predicted molar refractivity (Wildman–Crippen MR) is 56.8 cm³/mol. The SMILES string of the molecule is COc1cccc([C@@](C)(N)CC(=O)O)c1. The number of hydrogen-bond donors (Lipinski definition) is 2. The van der Waals surface area contributed by atoms with Crippen molar-refractivity contribution in [1.82, 2.24) is 0 Å². The Bertz CT molecular complexity index is 361. The first-order valence-corrected chi connectivity index (χ1v) is 4.61. The Morgan fingerprint density at radius 1 is 1.60 bits per heavy atom. The predicted octanol–water partition coefficient (Wildman–Crippen LogP) is 1.34. The molecular weight excluding hydrogens is 194 g/mol. The first-order chi connectivity index (χ1) is 6.95. The lowest BCUT2D eigenvalue weighted by atomic mass is 9.90. The molecule has 0 bridgehead atoms. The van der Waals surface area contributed by atoms with Crippen LogP contribution in [0.3, 0.4) is 0 Å². The first-order valence-electron chi connectivity index (χ1n) is 4.61. The van der Waals surface area contributed by atoms with Crippen molar-refractivity contribution in [3.05, 3.63) is 29.8 Å². The van der Waals surface area contributed by atoms with Crippen molar-refractivity contribution >= 4 is 5.97 Å². The van der Waals surface area contributed by atoms with Gasteiger partial charge in [-0.15, -0.1) is 0 Å². The molecule has 0 fully saturated rings. The number of methoxy groups -OCH3 is 1. The number of ether oxygens (including phenoxy) is 1. The van der Waals surface area contributed by atoms with Crippen molar-refractivity contribution in [2.75, 3.05) is 7.11 Å². The van der Waals surface area contributed by atoms with Crippen LogP contribution >= 0.6 is 0 Å². The van der Waals surface area contributed by atoms with E-state index in [1.807, 2.05) is 0 Å². The molecule has 1 atom stereocenters. The molecule has 1 aromatic rings. The van der Waals surface area contributed by atoms with Crippen LogP contribution in [0.15, 0.2) is 24.3 Å². The second-order valence-electron chi connectivity index (χ2n) is 3.72. The van der Waals surface area contributed by atoms with Crippen LogP contribution in [0.5, 0.6) is 5.75 Å². The maximum absolute atomic E-state index is 10.6. The highest BCUT2D eigenvalue weighted by molar-refractivity contribution is 5.68. The molecule has 0 aromatic heterocycles. The van der Waals surface area contributed by atoms with Gasteiger partial charge in [0, 0.05) is 5.54 Å². The largest absolute Gasteiger partial charge is 0.497 e. The average molecular weight is 209 g/mol. The van der Waals surface area contributed by atoms with E-state index in [0.717, 1.165) is 5.56 Å². The topological polar surface area (TPSA) is 72.5 Å². The second-order valence-corrected chi connectivity index (χ2v) is 3.72. The van der Waals surface area contributed by atoms with Gasteiger partial charge >= 0.3 is 5.97 Å². The van der Waals surface area contributed by atoms with Crippen LogP contribution in [0.2, 0.25) is 0 Å². The lowest BCUT2D eigenvalue weighted by molar-refractivity contribution is -0.138. The van der Waals surface area contributed by atoms with E-state index in [1.54, 1.807) is 38.3 Å².